The molecular formula is C16H15N3O3. The number of nitrogens with one attached hydrogen (secondary N) is 1. The fourth-order valence-corrected chi connectivity index (χ4v) is 2.48. The van der Waals surface area contributed by atoms with Crippen molar-refractivity contribution in [2.24, 2.45) is 0 Å². The van der Waals surface area contributed by atoms with E-state index in [1.54, 1.807) is 30.5 Å². The number of carbonyl (C=O) groups is 2. The molecule has 0 spiro atoms. The van der Waals surface area contributed by atoms with Crippen LogP contribution in [0.15, 0.2) is 42.7 Å². The van der Waals surface area contributed by atoms with Crippen LogP contribution < -0.4 is 5.32 Å². The van der Waals surface area contributed by atoms with E-state index in [0.717, 1.165) is 11.1 Å². The van der Waals surface area contributed by atoms with E-state index in [2.05, 4.69) is 10.3 Å². The molecule has 0 aliphatic carbocycles. The Labute approximate surface area is 127 Å². The minimum atomic E-state index is -0.684. The average molecular weight is 297 g/mol. The summed E-state index contributed by atoms with van der Waals surface area (Å²) in [6, 6.07) is 8.46. The van der Waals surface area contributed by atoms with Gasteiger partial charge in [0.1, 0.15) is 5.75 Å². The summed E-state index contributed by atoms with van der Waals surface area (Å²) < 4.78 is 0. The third-order valence-corrected chi connectivity index (χ3v) is 3.60. The van der Waals surface area contributed by atoms with Crippen LogP contribution in [0.4, 0.5) is 5.69 Å². The average Bonchev–Trinajstić information content (AvgIpc) is 2.54. The zero-order valence-corrected chi connectivity index (χ0v) is 11.8. The number of benzene rings is 1. The summed E-state index contributed by atoms with van der Waals surface area (Å²) in [5.74, 6) is -1.11. The Balaban J connectivity index is 1.69. The molecule has 0 saturated heterocycles. The van der Waals surface area contributed by atoms with Crippen molar-refractivity contribution in [1.29, 1.82) is 0 Å². The number of hydrogen-bond donors (Lipinski definition) is 2. The maximum absolute atomic E-state index is 12.2. The van der Waals surface area contributed by atoms with Gasteiger partial charge < -0.3 is 15.3 Å². The van der Waals surface area contributed by atoms with Gasteiger partial charge in [-0.05, 0) is 41.8 Å². The van der Waals surface area contributed by atoms with Gasteiger partial charge in [-0.25, -0.2) is 0 Å². The third-order valence-electron chi connectivity index (χ3n) is 3.60. The van der Waals surface area contributed by atoms with Gasteiger partial charge in [0, 0.05) is 19.3 Å². The number of fused-ring (bicyclic) bond motifs is 1. The molecule has 0 atom stereocenters. The standard InChI is InChI=1S/C16H15N3O3/c20-14-4-3-11-5-7-19(10-12(11)8-14)16(22)15(21)18-13-2-1-6-17-9-13/h1-4,6,8-9,20H,5,7,10H2,(H,18,21). The van der Waals surface area contributed by atoms with E-state index < -0.39 is 11.8 Å². The minimum absolute atomic E-state index is 0.160. The fourth-order valence-electron chi connectivity index (χ4n) is 2.48. The smallest absolute Gasteiger partial charge is 0.313 e. The molecule has 0 fully saturated rings. The second-order valence-corrected chi connectivity index (χ2v) is 5.13. The van der Waals surface area contributed by atoms with E-state index in [0.29, 0.717) is 25.2 Å². The van der Waals surface area contributed by atoms with Crippen molar-refractivity contribution < 1.29 is 14.7 Å². The quantitative estimate of drug-likeness (QED) is 0.778. The summed E-state index contributed by atoms with van der Waals surface area (Å²) in [4.78, 5) is 29.6. The lowest BCUT2D eigenvalue weighted by Crippen LogP contribution is -2.42. The minimum Gasteiger partial charge on any atom is -0.508 e. The molecular weight excluding hydrogens is 282 g/mol. The van der Waals surface area contributed by atoms with Crippen LogP contribution in [-0.4, -0.2) is 33.3 Å². The first-order chi connectivity index (χ1) is 10.6. The number of phenolic OH excluding ortho intramolecular Hbond substituents is 1. The topological polar surface area (TPSA) is 82.5 Å². The molecule has 22 heavy (non-hydrogen) atoms. The van der Waals surface area contributed by atoms with Crippen molar-refractivity contribution in [2.75, 3.05) is 11.9 Å². The summed E-state index contributed by atoms with van der Waals surface area (Å²) in [5, 5.41) is 12.1. The second kappa shape index (κ2) is 5.85. The van der Waals surface area contributed by atoms with Crippen LogP contribution in [0, 0.1) is 0 Å². The molecule has 112 valence electrons. The highest BCUT2D eigenvalue weighted by molar-refractivity contribution is 6.39. The number of hydrogen-bond acceptors (Lipinski definition) is 4. The fraction of sp³-hybridized carbons (Fsp3) is 0.188. The van der Waals surface area contributed by atoms with Crippen molar-refractivity contribution in [3.05, 3.63) is 53.9 Å². The van der Waals surface area contributed by atoms with Gasteiger partial charge in [-0.1, -0.05) is 6.07 Å². The van der Waals surface area contributed by atoms with E-state index in [-0.39, 0.29) is 5.75 Å². The molecule has 1 aromatic carbocycles. The molecule has 1 aliphatic rings. The summed E-state index contributed by atoms with van der Waals surface area (Å²) in [6.07, 6.45) is 3.74. The molecule has 3 rings (SSSR count). The molecule has 1 aliphatic heterocycles. The summed E-state index contributed by atoms with van der Waals surface area (Å²) in [6.45, 7) is 0.806. The first kappa shape index (κ1) is 14.1. The lowest BCUT2D eigenvalue weighted by molar-refractivity contribution is -0.143. The van der Waals surface area contributed by atoms with E-state index in [9.17, 15) is 14.7 Å². The highest BCUT2D eigenvalue weighted by Crippen LogP contribution is 2.23. The van der Waals surface area contributed by atoms with Gasteiger partial charge in [0.2, 0.25) is 0 Å². The molecule has 6 heteroatoms. The molecule has 0 radical (unpaired) electrons. The van der Waals surface area contributed by atoms with Gasteiger partial charge in [0.05, 0.1) is 11.9 Å². The number of rotatable bonds is 1. The van der Waals surface area contributed by atoms with E-state index in [1.807, 2.05) is 6.07 Å². The predicted molar refractivity (Wildman–Crippen MR) is 80.1 cm³/mol. The molecule has 2 aromatic rings. The molecule has 2 amide bonds. The van der Waals surface area contributed by atoms with Crippen molar-refractivity contribution in [3.63, 3.8) is 0 Å². The SMILES string of the molecule is O=C(Nc1cccnc1)C(=O)N1CCc2ccc(O)cc2C1. The Morgan fingerprint density at radius 3 is 2.86 bits per heavy atom. The molecule has 6 nitrogen and oxygen atoms in total. The zero-order chi connectivity index (χ0) is 15.5. The summed E-state index contributed by atoms with van der Waals surface area (Å²) in [5.41, 5.74) is 2.44. The largest absolute Gasteiger partial charge is 0.508 e. The Morgan fingerprint density at radius 1 is 1.23 bits per heavy atom. The second-order valence-electron chi connectivity index (χ2n) is 5.13. The van der Waals surface area contributed by atoms with Crippen LogP contribution in [0.2, 0.25) is 0 Å². The molecule has 0 unspecified atom stereocenters. The van der Waals surface area contributed by atoms with Gasteiger partial charge >= 0.3 is 11.8 Å². The number of aromatic hydroxyl groups is 1. The third kappa shape index (κ3) is 2.90. The zero-order valence-electron chi connectivity index (χ0n) is 11.8. The molecule has 2 N–H and O–H groups in total. The van der Waals surface area contributed by atoms with Crippen molar-refractivity contribution >= 4 is 17.5 Å². The van der Waals surface area contributed by atoms with Crippen LogP contribution in [0.3, 0.4) is 0 Å². The monoisotopic (exact) mass is 297 g/mol. The van der Waals surface area contributed by atoms with Gasteiger partial charge in [0.25, 0.3) is 0 Å². The molecule has 0 saturated carbocycles. The van der Waals surface area contributed by atoms with Crippen LogP contribution >= 0.6 is 0 Å². The highest BCUT2D eigenvalue weighted by Gasteiger charge is 2.26. The van der Waals surface area contributed by atoms with E-state index in [1.165, 1.54) is 11.1 Å². The van der Waals surface area contributed by atoms with Crippen LogP contribution in [0.5, 0.6) is 5.75 Å². The van der Waals surface area contributed by atoms with Crippen LogP contribution in [0.25, 0.3) is 0 Å². The Morgan fingerprint density at radius 2 is 2.09 bits per heavy atom. The number of anilines is 1. The number of pyridine rings is 1. The Bertz CT molecular complexity index is 716. The Hall–Kier alpha value is -2.89. The van der Waals surface area contributed by atoms with Crippen molar-refractivity contribution in [2.45, 2.75) is 13.0 Å². The normalized spacial score (nSPS) is 13.4. The number of amides is 2. The number of nitrogens with zero attached hydrogens (tertiary/aromatic N) is 2. The summed E-state index contributed by atoms with van der Waals surface area (Å²) >= 11 is 0. The van der Waals surface area contributed by atoms with Crippen molar-refractivity contribution in [3.8, 4) is 5.75 Å². The lowest BCUT2D eigenvalue weighted by Gasteiger charge is -2.28. The number of phenols is 1. The Kier molecular flexibility index (Phi) is 3.74. The predicted octanol–water partition coefficient (Wildman–Crippen LogP) is 1.31. The summed E-state index contributed by atoms with van der Waals surface area (Å²) in [7, 11) is 0. The van der Waals surface area contributed by atoms with Gasteiger partial charge in [-0.15, -0.1) is 0 Å². The van der Waals surface area contributed by atoms with Crippen molar-refractivity contribution in [1.82, 2.24) is 9.88 Å². The number of carbonyl (C=O) groups excluding carboxylic acids is 2. The highest BCUT2D eigenvalue weighted by atomic mass is 16.3. The molecule has 2 heterocycles. The maximum Gasteiger partial charge on any atom is 0.313 e. The first-order valence-electron chi connectivity index (χ1n) is 6.94. The van der Waals surface area contributed by atoms with Crippen LogP contribution in [-0.2, 0) is 22.6 Å². The lowest BCUT2D eigenvalue weighted by atomic mass is 9.99. The van der Waals surface area contributed by atoms with Gasteiger partial charge in [-0.3, -0.25) is 14.6 Å². The van der Waals surface area contributed by atoms with Gasteiger partial charge in [-0.2, -0.15) is 0 Å². The van der Waals surface area contributed by atoms with Gasteiger partial charge in [0.15, 0.2) is 0 Å². The van der Waals surface area contributed by atoms with E-state index in [4.69, 9.17) is 0 Å². The van der Waals surface area contributed by atoms with Crippen LogP contribution in [0.1, 0.15) is 11.1 Å². The molecule has 1 aromatic heterocycles. The van der Waals surface area contributed by atoms with E-state index >= 15 is 0 Å². The first-order valence-corrected chi connectivity index (χ1v) is 6.94. The molecule has 0 bridgehead atoms. The maximum atomic E-state index is 12.2. The number of aromatic nitrogens is 1.